The molecule has 1 N–H and O–H groups in total. The molecule has 8 heteroatoms. The van der Waals surface area contributed by atoms with Gasteiger partial charge in [-0.1, -0.05) is 0 Å². The minimum atomic E-state index is -1.36. The number of rotatable bonds is 3. The summed E-state index contributed by atoms with van der Waals surface area (Å²) in [5.41, 5.74) is -0.586. The molecule has 0 aliphatic rings. The van der Waals surface area contributed by atoms with E-state index in [-0.39, 0.29) is 17.1 Å². The Kier molecular flexibility index (Phi) is 2.95. The molecule has 0 aliphatic carbocycles. The SMILES string of the molecule is N#Cc1cccn1-c1ncc([N+](=O)[O-])cc1C(=O)O. The minimum Gasteiger partial charge on any atom is -0.478 e. The van der Waals surface area contributed by atoms with Crippen molar-refractivity contribution in [2.75, 3.05) is 0 Å². The van der Waals surface area contributed by atoms with Crippen LogP contribution in [-0.2, 0) is 0 Å². The van der Waals surface area contributed by atoms with Gasteiger partial charge in [-0.3, -0.25) is 14.7 Å². The van der Waals surface area contributed by atoms with E-state index in [1.54, 1.807) is 6.07 Å². The second-order valence-electron chi connectivity index (χ2n) is 3.50. The van der Waals surface area contributed by atoms with Gasteiger partial charge < -0.3 is 5.11 Å². The molecule has 2 aromatic rings. The molecular formula is C11H6N4O4. The molecule has 0 saturated carbocycles. The van der Waals surface area contributed by atoms with E-state index < -0.39 is 16.6 Å². The van der Waals surface area contributed by atoms with E-state index in [0.717, 1.165) is 12.3 Å². The van der Waals surface area contributed by atoms with Gasteiger partial charge in [0.25, 0.3) is 5.69 Å². The van der Waals surface area contributed by atoms with Crippen molar-refractivity contribution in [3.05, 3.63) is 52.0 Å². The van der Waals surface area contributed by atoms with Crippen LogP contribution in [0.5, 0.6) is 0 Å². The monoisotopic (exact) mass is 258 g/mol. The van der Waals surface area contributed by atoms with Crippen LogP contribution in [0.25, 0.3) is 5.82 Å². The standard InChI is InChI=1S/C11H6N4O4/c12-5-7-2-1-3-14(7)10-9(11(16)17)4-8(6-13-10)15(18)19/h1-4,6H,(H,16,17). The van der Waals surface area contributed by atoms with E-state index in [1.807, 2.05) is 6.07 Å². The molecule has 0 aliphatic heterocycles. The highest BCUT2D eigenvalue weighted by Gasteiger charge is 2.19. The Morgan fingerprint density at radius 1 is 1.58 bits per heavy atom. The third-order valence-electron chi connectivity index (χ3n) is 2.38. The second-order valence-corrected chi connectivity index (χ2v) is 3.50. The van der Waals surface area contributed by atoms with Crippen LogP contribution < -0.4 is 0 Å². The third-order valence-corrected chi connectivity index (χ3v) is 2.38. The number of pyridine rings is 1. The summed E-state index contributed by atoms with van der Waals surface area (Å²) in [7, 11) is 0. The molecule has 0 atom stereocenters. The molecule has 2 aromatic heterocycles. The number of nitrogens with zero attached hydrogens (tertiary/aromatic N) is 4. The quantitative estimate of drug-likeness (QED) is 0.654. The van der Waals surface area contributed by atoms with E-state index in [4.69, 9.17) is 10.4 Å². The minimum absolute atomic E-state index is 0.0420. The first-order valence-electron chi connectivity index (χ1n) is 5.00. The van der Waals surface area contributed by atoms with Gasteiger partial charge in [0.05, 0.1) is 4.92 Å². The number of carboxylic acid groups (broad SMARTS) is 1. The van der Waals surface area contributed by atoms with E-state index in [0.29, 0.717) is 0 Å². The van der Waals surface area contributed by atoms with Gasteiger partial charge in [-0.2, -0.15) is 5.26 Å². The predicted octanol–water partition coefficient (Wildman–Crippen LogP) is 1.35. The highest BCUT2D eigenvalue weighted by atomic mass is 16.6. The smallest absolute Gasteiger partial charge is 0.339 e. The summed E-state index contributed by atoms with van der Waals surface area (Å²) in [5, 5.41) is 28.6. The van der Waals surface area contributed by atoms with Gasteiger partial charge in [0.1, 0.15) is 23.5 Å². The number of nitriles is 1. The lowest BCUT2D eigenvalue weighted by Crippen LogP contribution is -2.09. The van der Waals surface area contributed by atoms with Crippen molar-refractivity contribution >= 4 is 11.7 Å². The fraction of sp³-hybridized carbons (Fsp3) is 0. The summed E-state index contributed by atoms with van der Waals surface area (Å²) < 4.78 is 1.26. The molecular weight excluding hydrogens is 252 g/mol. The maximum atomic E-state index is 11.1. The number of aromatic nitrogens is 2. The second kappa shape index (κ2) is 4.58. The summed E-state index contributed by atoms with van der Waals surface area (Å²) in [6.45, 7) is 0. The normalized spacial score (nSPS) is 9.84. The number of nitro groups is 1. The van der Waals surface area contributed by atoms with Gasteiger partial charge in [-0.15, -0.1) is 0 Å². The zero-order valence-corrected chi connectivity index (χ0v) is 9.35. The van der Waals surface area contributed by atoms with Crippen LogP contribution in [0.4, 0.5) is 5.69 Å². The van der Waals surface area contributed by atoms with Gasteiger partial charge >= 0.3 is 5.97 Å². The molecule has 0 fully saturated rings. The van der Waals surface area contributed by atoms with Crippen molar-refractivity contribution in [2.45, 2.75) is 0 Å². The van der Waals surface area contributed by atoms with Crippen LogP contribution in [0, 0.1) is 21.4 Å². The fourth-order valence-corrected chi connectivity index (χ4v) is 1.55. The highest BCUT2D eigenvalue weighted by Crippen LogP contribution is 2.20. The zero-order valence-electron chi connectivity index (χ0n) is 9.35. The molecule has 8 nitrogen and oxygen atoms in total. The van der Waals surface area contributed by atoms with Crippen molar-refractivity contribution in [1.29, 1.82) is 5.26 Å². The maximum Gasteiger partial charge on any atom is 0.339 e. The van der Waals surface area contributed by atoms with Crippen molar-refractivity contribution in [3.63, 3.8) is 0 Å². The van der Waals surface area contributed by atoms with Crippen molar-refractivity contribution in [3.8, 4) is 11.9 Å². The van der Waals surface area contributed by atoms with Crippen molar-refractivity contribution < 1.29 is 14.8 Å². The number of aromatic carboxylic acids is 1. The Morgan fingerprint density at radius 3 is 2.89 bits per heavy atom. The predicted molar refractivity (Wildman–Crippen MR) is 61.9 cm³/mol. The molecule has 0 radical (unpaired) electrons. The molecule has 0 amide bonds. The summed E-state index contributed by atoms with van der Waals surface area (Å²) >= 11 is 0. The molecule has 0 bridgehead atoms. The van der Waals surface area contributed by atoms with Crippen LogP contribution in [0.15, 0.2) is 30.6 Å². The first kappa shape index (κ1) is 12.3. The Balaban J connectivity index is 2.68. The molecule has 19 heavy (non-hydrogen) atoms. The largest absolute Gasteiger partial charge is 0.478 e. The Hall–Kier alpha value is -3.21. The zero-order chi connectivity index (χ0) is 14.0. The van der Waals surface area contributed by atoms with Gasteiger partial charge in [-0.05, 0) is 12.1 Å². The van der Waals surface area contributed by atoms with Gasteiger partial charge in [0.15, 0.2) is 5.82 Å². The number of carbonyl (C=O) groups is 1. The Bertz CT molecular complexity index is 714. The lowest BCUT2D eigenvalue weighted by atomic mass is 10.2. The number of carboxylic acids is 1. The lowest BCUT2D eigenvalue weighted by molar-refractivity contribution is -0.385. The van der Waals surface area contributed by atoms with Gasteiger partial charge in [0.2, 0.25) is 0 Å². The average molecular weight is 258 g/mol. The fourth-order valence-electron chi connectivity index (χ4n) is 1.55. The first-order chi connectivity index (χ1) is 9.04. The summed E-state index contributed by atoms with van der Waals surface area (Å²) in [4.78, 5) is 24.8. The van der Waals surface area contributed by atoms with Crippen LogP contribution in [0.1, 0.15) is 16.1 Å². The molecule has 0 spiro atoms. The van der Waals surface area contributed by atoms with E-state index in [9.17, 15) is 14.9 Å². The molecule has 0 unspecified atom stereocenters. The van der Waals surface area contributed by atoms with Crippen LogP contribution in [0.3, 0.4) is 0 Å². The lowest BCUT2D eigenvalue weighted by Gasteiger charge is -2.07. The van der Waals surface area contributed by atoms with Crippen molar-refractivity contribution in [2.24, 2.45) is 0 Å². The molecule has 0 saturated heterocycles. The number of hydrogen-bond donors (Lipinski definition) is 1. The third kappa shape index (κ3) is 2.12. The Morgan fingerprint density at radius 2 is 2.32 bits per heavy atom. The summed E-state index contributed by atoms with van der Waals surface area (Å²) in [6, 6.07) is 5.81. The highest BCUT2D eigenvalue weighted by molar-refractivity contribution is 5.92. The van der Waals surface area contributed by atoms with E-state index >= 15 is 0 Å². The van der Waals surface area contributed by atoms with E-state index in [1.165, 1.54) is 16.8 Å². The van der Waals surface area contributed by atoms with Gasteiger partial charge in [0, 0.05) is 12.3 Å². The number of hydrogen-bond acceptors (Lipinski definition) is 5. The Labute approximate surface area is 106 Å². The maximum absolute atomic E-state index is 11.1. The molecule has 0 aromatic carbocycles. The van der Waals surface area contributed by atoms with Crippen LogP contribution in [0.2, 0.25) is 0 Å². The summed E-state index contributed by atoms with van der Waals surface area (Å²) in [5.74, 6) is -1.40. The average Bonchev–Trinajstić information content (AvgIpc) is 2.85. The molecule has 94 valence electrons. The molecule has 2 heterocycles. The van der Waals surface area contributed by atoms with Gasteiger partial charge in [-0.25, -0.2) is 9.78 Å². The summed E-state index contributed by atoms with van der Waals surface area (Å²) in [6.07, 6.45) is 2.40. The molecule has 2 rings (SSSR count). The van der Waals surface area contributed by atoms with Crippen LogP contribution in [-0.4, -0.2) is 25.6 Å². The topological polar surface area (TPSA) is 122 Å². The first-order valence-corrected chi connectivity index (χ1v) is 5.00. The van der Waals surface area contributed by atoms with Crippen molar-refractivity contribution in [1.82, 2.24) is 9.55 Å². The van der Waals surface area contributed by atoms with Crippen LogP contribution >= 0.6 is 0 Å². The van der Waals surface area contributed by atoms with E-state index in [2.05, 4.69) is 4.98 Å².